The standard InChI is InChI=1S/C17H20ClN7/c18-11-2-1-3-12-13(11)24-16(23-12)17(21)5-8-25(9-6-17)15(20)10-4-7-22-14(10)19/h1-4,7,20,22H,5-6,8-9,19,21H2,(H,23,24). The predicted molar refractivity (Wildman–Crippen MR) is 99.8 cm³/mol. The van der Waals surface area contributed by atoms with Crippen molar-refractivity contribution in [2.24, 2.45) is 5.73 Å². The number of anilines is 1. The topological polar surface area (TPSA) is 124 Å². The van der Waals surface area contributed by atoms with Gasteiger partial charge in [-0.1, -0.05) is 17.7 Å². The van der Waals surface area contributed by atoms with Crippen LogP contribution < -0.4 is 11.5 Å². The van der Waals surface area contributed by atoms with Crippen LogP contribution in [-0.2, 0) is 5.54 Å². The molecule has 0 spiro atoms. The number of hydrogen-bond acceptors (Lipinski definition) is 4. The van der Waals surface area contributed by atoms with Gasteiger partial charge in [-0.3, -0.25) is 5.41 Å². The molecule has 8 heteroatoms. The highest BCUT2D eigenvalue weighted by atomic mass is 35.5. The third-order valence-electron chi connectivity index (χ3n) is 4.94. The molecule has 4 rings (SSSR count). The van der Waals surface area contributed by atoms with Gasteiger partial charge in [-0.25, -0.2) is 4.98 Å². The van der Waals surface area contributed by atoms with E-state index in [4.69, 9.17) is 28.5 Å². The van der Waals surface area contributed by atoms with Gasteiger partial charge in [0.2, 0.25) is 0 Å². The van der Waals surface area contributed by atoms with Crippen LogP contribution in [0.2, 0.25) is 5.02 Å². The second-order valence-corrected chi connectivity index (χ2v) is 6.93. The summed E-state index contributed by atoms with van der Waals surface area (Å²) >= 11 is 6.22. The smallest absolute Gasteiger partial charge is 0.131 e. The molecule has 2 aromatic heterocycles. The third-order valence-corrected chi connectivity index (χ3v) is 5.25. The minimum Gasteiger partial charge on any atom is -0.385 e. The first kappa shape index (κ1) is 16.0. The summed E-state index contributed by atoms with van der Waals surface area (Å²) in [5.74, 6) is 1.69. The summed E-state index contributed by atoms with van der Waals surface area (Å²) in [7, 11) is 0. The van der Waals surface area contributed by atoms with Gasteiger partial charge in [-0.05, 0) is 31.0 Å². The molecule has 130 valence electrons. The minimum atomic E-state index is -0.553. The van der Waals surface area contributed by atoms with Crippen molar-refractivity contribution < 1.29 is 0 Å². The number of likely N-dealkylation sites (tertiary alicyclic amines) is 1. The molecule has 1 aliphatic heterocycles. The van der Waals surface area contributed by atoms with Gasteiger partial charge < -0.3 is 26.3 Å². The van der Waals surface area contributed by atoms with E-state index in [9.17, 15) is 0 Å². The van der Waals surface area contributed by atoms with Gasteiger partial charge in [0.1, 0.15) is 23.0 Å². The molecule has 0 radical (unpaired) electrons. The fraction of sp³-hybridized carbons (Fsp3) is 0.294. The zero-order valence-corrected chi connectivity index (χ0v) is 14.4. The van der Waals surface area contributed by atoms with Crippen LogP contribution in [0.1, 0.15) is 24.2 Å². The van der Waals surface area contributed by atoms with Crippen LogP contribution in [-0.4, -0.2) is 38.8 Å². The first-order valence-corrected chi connectivity index (χ1v) is 8.56. The van der Waals surface area contributed by atoms with Gasteiger partial charge in [-0.15, -0.1) is 0 Å². The van der Waals surface area contributed by atoms with Gasteiger partial charge in [0.05, 0.1) is 21.6 Å². The number of piperidine rings is 1. The van der Waals surface area contributed by atoms with Crippen molar-refractivity contribution in [3.63, 3.8) is 0 Å². The number of H-pyrrole nitrogens is 2. The van der Waals surface area contributed by atoms with E-state index in [1.54, 1.807) is 6.20 Å². The number of fused-ring (bicyclic) bond motifs is 1. The number of rotatable bonds is 2. The Bertz CT molecular complexity index is 934. The second-order valence-electron chi connectivity index (χ2n) is 6.52. The average Bonchev–Trinajstić information content (AvgIpc) is 3.22. The zero-order valence-electron chi connectivity index (χ0n) is 13.6. The number of halogens is 1. The summed E-state index contributed by atoms with van der Waals surface area (Å²) in [4.78, 5) is 12.9. The summed E-state index contributed by atoms with van der Waals surface area (Å²) in [5.41, 5.74) is 14.3. The second kappa shape index (κ2) is 5.79. The molecule has 3 heterocycles. The van der Waals surface area contributed by atoms with Crippen molar-refractivity contribution in [2.75, 3.05) is 18.8 Å². The zero-order chi connectivity index (χ0) is 17.6. The van der Waals surface area contributed by atoms with E-state index < -0.39 is 5.54 Å². The molecule has 25 heavy (non-hydrogen) atoms. The Morgan fingerprint density at radius 3 is 2.68 bits per heavy atom. The number of amidine groups is 1. The molecule has 0 unspecified atom stereocenters. The number of benzene rings is 1. The lowest BCUT2D eigenvalue weighted by atomic mass is 9.87. The third kappa shape index (κ3) is 2.65. The molecule has 0 amide bonds. The number of nitrogens with one attached hydrogen (secondary N) is 3. The van der Waals surface area contributed by atoms with Crippen molar-refractivity contribution in [1.82, 2.24) is 19.9 Å². The molecule has 3 aromatic rings. The Balaban J connectivity index is 1.54. The number of aromatic nitrogens is 3. The van der Waals surface area contributed by atoms with E-state index in [0.29, 0.717) is 42.6 Å². The fourth-order valence-electron chi connectivity index (χ4n) is 3.36. The molecule has 7 N–H and O–H groups in total. The van der Waals surface area contributed by atoms with E-state index in [0.717, 1.165) is 22.4 Å². The highest BCUT2D eigenvalue weighted by Crippen LogP contribution is 2.32. The van der Waals surface area contributed by atoms with Gasteiger partial charge in [-0.2, -0.15) is 0 Å². The van der Waals surface area contributed by atoms with E-state index >= 15 is 0 Å². The monoisotopic (exact) mass is 357 g/mol. The quantitative estimate of drug-likeness (QED) is 0.357. The molecule has 7 nitrogen and oxygen atoms in total. The molecule has 1 fully saturated rings. The van der Waals surface area contributed by atoms with E-state index in [1.165, 1.54) is 0 Å². The Morgan fingerprint density at radius 1 is 1.28 bits per heavy atom. The maximum atomic E-state index is 8.38. The summed E-state index contributed by atoms with van der Waals surface area (Å²) in [6, 6.07) is 7.48. The normalized spacial score (nSPS) is 17.1. The minimum absolute atomic E-state index is 0.424. The van der Waals surface area contributed by atoms with E-state index in [1.807, 2.05) is 29.2 Å². The molecule has 0 aliphatic carbocycles. The molecular formula is C17H20ClN7. The maximum Gasteiger partial charge on any atom is 0.131 e. The SMILES string of the molecule is N=C(c1cc[nH]c1N)N1CCC(N)(c2nc3c(Cl)cccc3[nH]2)CC1. The van der Waals surface area contributed by atoms with Crippen LogP contribution in [0.4, 0.5) is 5.82 Å². The molecule has 0 bridgehead atoms. The van der Waals surface area contributed by atoms with Gasteiger partial charge in [0.25, 0.3) is 0 Å². The molecule has 0 atom stereocenters. The van der Waals surface area contributed by atoms with Crippen molar-refractivity contribution in [3.8, 4) is 0 Å². The highest BCUT2D eigenvalue weighted by Gasteiger charge is 2.36. The van der Waals surface area contributed by atoms with Crippen LogP contribution in [0, 0.1) is 5.41 Å². The van der Waals surface area contributed by atoms with Gasteiger partial charge in [0, 0.05) is 19.3 Å². The lowest BCUT2D eigenvalue weighted by Gasteiger charge is -2.39. The van der Waals surface area contributed by atoms with Crippen molar-refractivity contribution in [2.45, 2.75) is 18.4 Å². The first-order chi connectivity index (χ1) is 12.0. The fourth-order valence-corrected chi connectivity index (χ4v) is 3.58. The van der Waals surface area contributed by atoms with Crippen molar-refractivity contribution in [3.05, 3.63) is 46.9 Å². The Hall–Kier alpha value is -2.51. The average molecular weight is 358 g/mol. The Labute approximate surface area is 149 Å². The number of imidazole rings is 1. The molecule has 1 aliphatic rings. The summed E-state index contributed by atoms with van der Waals surface area (Å²) in [6.45, 7) is 1.34. The van der Waals surface area contributed by atoms with Gasteiger partial charge >= 0.3 is 0 Å². The first-order valence-electron chi connectivity index (χ1n) is 8.18. The van der Waals surface area contributed by atoms with Gasteiger partial charge in [0.15, 0.2) is 0 Å². The highest BCUT2D eigenvalue weighted by molar-refractivity contribution is 6.34. The number of para-hydroxylation sites is 1. The van der Waals surface area contributed by atoms with Crippen LogP contribution in [0.25, 0.3) is 11.0 Å². The Kier molecular flexibility index (Phi) is 3.70. The van der Waals surface area contributed by atoms with Crippen molar-refractivity contribution in [1.29, 1.82) is 5.41 Å². The van der Waals surface area contributed by atoms with Crippen molar-refractivity contribution >= 4 is 34.3 Å². The summed E-state index contributed by atoms with van der Waals surface area (Å²) in [5, 5.41) is 8.99. The molecule has 0 saturated carbocycles. The van der Waals surface area contributed by atoms with E-state index in [-0.39, 0.29) is 0 Å². The van der Waals surface area contributed by atoms with Crippen LogP contribution >= 0.6 is 11.6 Å². The van der Waals surface area contributed by atoms with Crippen LogP contribution in [0.5, 0.6) is 0 Å². The van der Waals surface area contributed by atoms with Crippen LogP contribution in [0.3, 0.4) is 0 Å². The number of nitrogens with zero attached hydrogens (tertiary/aromatic N) is 2. The predicted octanol–water partition coefficient (Wildman–Crippen LogP) is 2.40. The maximum absolute atomic E-state index is 8.38. The number of aromatic amines is 2. The number of nitrogen functional groups attached to an aromatic ring is 1. The number of hydrogen-bond donors (Lipinski definition) is 5. The molecule has 1 aromatic carbocycles. The summed E-state index contributed by atoms with van der Waals surface area (Å²) in [6.07, 6.45) is 3.13. The number of nitrogens with two attached hydrogens (primary N) is 2. The molecule has 1 saturated heterocycles. The summed E-state index contributed by atoms with van der Waals surface area (Å²) < 4.78 is 0. The molecular weight excluding hydrogens is 338 g/mol. The lowest BCUT2D eigenvalue weighted by Crippen LogP contribution is -2.50. The lowest BCUT2D eigenvalue weighted by molar-refractivity contribution is 0.222. The van der Waals surface area contributed by atoms with E-state index in [2.05, 4.69) is 15.0 Å². The van der Waals surface area contributed by atoms with Crippen LogP contribution in [0.15, 0.2) is 30.5 Å². The Morgan fingerprint density at radius 2 is 2.04 bits per heavy atom. The largest absolute Gasteiger partial charge is 0.385 e.